The van der Waals surface area contributed by atoms with E-state index in [9.17, 15) is 0 Å². The van der Waals surface area contributed by atoms with Gasteiger partial charge in [-0.3, -0.25) is 4.98 Å². The molecular formula is C17H15BrN2. The van der Waals surface area contributed by atoms with Crippen LogP contribution in [0.4, 0.5) is 0 Å². The van der Waals surface area contributed by atoms with Crippen LogP contribution in [0.3, 0.4) is 0 Å². The highest BCUT2D eigenvalue weighted by Crippen LogP contribution is 2.32. The average molecular weight is 327 g/mol. The van der Waals surface area contributed by atoms with Gasteiger partial charge in [-0.25, -0.2) is 0 Å². The van der Waals surface area contributed by atoms with Gasteiger partial charge in [-0.1, -0.05) is 58.4 Å². The fourth-order valence-electron chi connectivity index (χ4n) is 2.47. The molecular weight excluding hydrogens is 312 g/mol. The van der Waals surface area contributed by atoms with E-state index in [4.69, 9.17) is 5.73 Å². The van der Waals surface area contributed by atoms with E-state index < -0.39 is 0 Å². The highest BCUT2D eigenvalue weighted by Gasteiger charge is 2.15. The number of halogens is 1. The van der Waals surface area contributed by atoms with Crippen molar-refractivity contribution in [2.45, 2.75) is 13.0 Å². The zero-order valence-electron chi connectivity index (χ0n) is 11.2. The number of nitrogens with zero attached hydrogens (tertiary/aromatic N) is 1. The molecule has 3 rings (SSSR count). The number of benzene rings is 2. The highest BCUT2D eigenvalue weighted by molar-refractivity contribution is 9.10. The number of fused-ring (bicyclic) bond motifs is 1. The zero-order chi connectivity index (χ0) is 14.1. The quantitative estimate of drug-likeness (QED) is 0.760. The summed E-state index contributed by atoms with van der Waals surface area (Å²) in [5.41, 5.74) is 9.80. The van der Waals surface area contributed by atoms with Gasteiger partial charge in [0.15, 0.2) is 0 Å². The van der Waals surface area contributed by atoms with Crippen LogP contribution in [0.1, 0.15) is 22.7 Å². The van der Waals surface area contributed by atoms with E-state index >= 15 is 0 Å². The van der Waals surface area contributed by atoms with Crippen molar-refractivity contribution < 1.29 is 0 Å². The lowest BCUT2D eigenvalue weighted by Crippen LogP contribution is -2.13. The Morgan fingerprint density at radius 2 is 1.80 bits per heavy atom. The molecule has 1 aromatic heterocycles. The van der Waals surface area contributed by atoms with Gasteiger partial charge >= 0.3 is 0 Å². The molecule has 0 aliphatic heterocycles. The first-order valence-electron chi connectivity index (χ1n) is 6.51. The van der Waals surface area contributed by atoms with Crippen LogP contribution in [-0.4, -0.2) is 4.98 Å². The van der Waals surface area contributed by atoms with Gasteiger partial charge in [0.2, 0.25) is 0 Å². The minimum atomic E-state index is -0.192. The number of hydrogen-bond donors (Lipinski definition) is 1. The van der Waals surface area contributed by atoms with Crippen molar-refractivity contribution in [3.05, 3.63) is 76.0 Å². The average Bonchev–Trinajstić information content (AvgIpc) is 2.49. The predicted molar refractivity (Wildman–Crippen MR) is 86.7 cm³/mol. The molecule has 3 aromatic rings. The third-order valence-corrected chi connectivity index (χ3v) is 4.67. The molecule has 2 aromatic carbocycles. The van der Waals surface area contributed by atoms with Crippen LogP contribution in [0, 0.1) is 6.92 Å². The molecule has 1 atom stereocenters. The fraction of sp³-hybridized carbons (Fsp3) is 0.118. The highest BCUT2D eigenvalue weighted by atomic mass is 79.9. The van der Waals surface area contributed by atoms with E-state index in [2.05, 4.69) is 52.1 Å². The Hall–Kier alpha value is -1.71. The summed E-state index contributed by atoms with van der Waals surface area (Å²) >= 11 is 3.64. The van der Waals surface area contributed by atoms with Gasteiger partial charge in [0.1, 0.15) is 0 Å². The molecule has 0 radical (unpaired) electrons. The second kappa shape index (κ2) is 5.35. The third-order valence-electron chi connectivity index (χ3n) is 3.59. The van der Waals surface area contributed by atoms with E-state index in [0.717, 1.165) is 26.4 Å². The summed E-state index contributed by atoms with van der Waals surface area (Å²) in [6.07, 6.45) is 3.73. The molecule has 0 saturated carbocycles. The van der Waals surface area contributed by atoms with Crippen LogP contribution in [0.5, 0.6) is 0 Å². The minimum Gasteiger partial charge on any atom is -0.320 e. The predicted octanol–water partition coefficient (Wildman–Crippen LogP) is 4.35. The standard InChI is InChI=1S/C17H15BrN2/c1-11-5-4-8-14(16(11)18)17(19)15-10-20-9-12-6-2-3-7-13(12)15/h2-10,17H,19H2,1H3. The fourth-order valence-corrected chi connectivity index (χ4v) is 2.98. The Kier molecular flexibility index (Phi) is 3.55. The van der Waals surface area contributed by atoms with Crippen LogP contribution >= 0.6 is 15.9 Å². The molecule has 3 heteroatoms. The van der Waals surface area contributed by atoms with Crippen LogP contribution < -0.4 is 5.73 Å². The maximum atomic E-state index is 6.48. The van der Waals surface area contributed by atoms with Gasteiger partial charge < -0.3 is 5.73 Å². The van der Waals surface area contributed by atoms with Gasteiger partial charge in [0.05, 0.1) is 6.04 Å². The Balaban J connectivity index is 2.18. The molecule has 1 unspecified atom stereocenters. The summed E-state index contributed by atoms with van der Waals surface area (Å²) < 4.78 is 1.07. The first kappa shape index (κ1) is 13.3. The molecule has 0 amide bonds. The first-order valence-corrected chi connectivity index (χ1v) is 7.31. The van der Waals surface area contributed by atoms with Crippen molar-refractivity contribution in [1.29, 1.82) is 0 Å². The van der Waals surface area contributed by atoms with E-state index in [0.29, 0.717) is 0 Å². The van der Waals surface area contributed by atoms with Crippen molar-refractivity contribution in [2.24, 2.45) is 5.73 Å². The van der Waals surface area contributed by atoms with Gasteiger partial charge in [-0.15, -0.1) is 0 Å². The lowest BCUT2D eigenvalue weighted by Gasteiger charge is -2.17. The van der Waals surface area contributed by atoms with Crippen LogP contribution in [-0.2, 0) is 0 Å². The van der Waals surface area contributed by atoms with Crippen LogP contribution in [0.15, 0.2) is 59.3 Å². The molecule has 0 spiro atoms. The number of rotatable bonds is 2. The van der Waals surface area contributed by atoms with Crippen molar-refractivity contribution in [2.75, 3.05) is 0 Å². The number of hydrogen-bond acceptors (Lipinski definition) is 2. The summed E-state index contributed by atoms with van der Waals surface area (Å²) in [6.45, 7) is 2.07. The Bertz CT molecular complexity index is 763. The largest absolute Gasteiger partial charge is 0.320 e. The summed E-state index contributed by atoms with van der Waals surface area (Å²) in [5, 5.41) is 2.27. The first-order chi connectivity index (χ1) is 9.68. The molecule has 20 heavy (non-hydrogen) atoms. The Labute approximate surface area is 126 Å². The van der Waals surface area contributed by atoms with Gasteiger partial charge in [0, 0.05) is 22.3 Å². The van der Waals surface area contributed by atoms with Crippen molar-refractivity contribution in [1.82, 2.24) is 4.98 Å². The Morgan fingerprint density at radius 3 is 2.65 bits per heavy atom. The van der Waals surface area contributed by atoms with Crippen LogP contribution in [0.25, 0.3) is 10.8 Å². The molecule has 0 aliphatic rings. The molecule has 0 aliphatic carbocycles. The lowest BCUT2D eigenvalue weighted by atomic mass is 9.95. The maximum absolute atomic E-state index is 6.48. The Morgan fingerprint density at radius 1 is 1.00 bits per heavy atom. The van der Waals surface area contributed by atoms with Crippen molar-refractivity contribution in [3.8, 4) is 0 Å². The molecule has 1 heterocycles. The van der Waals surface area contributed by atoms with Crippen molar-refractivity contribution >= 4 is 26.7 Å². The topological polar surface area (TPSA) is 38.9 Å². The number of nitrogens with two attached hydrogens (primary N) is 1. The lowest BCUT2D eigenvalue weighted by molar-refractivity contribution is 0.865. The molecule has 2 N–H and O–H groups in total. The number of pyridine rings is 1. The van der Waals surface area contributed by atoms with Crippen molar-refractivity contribution in [3.63, 3.8) is 0 Å². The van der Waals surface area contributed by atoms with Gasteiger partial charge in [-0.2, -0.15) is 0 Å². The molecule has 0 fully saturated rings. The monoisotopic (exact) mass is 326 g/mol. The van der Waals surface area contributed by atoms with E-state index in [1.165, 1.54) is 5.56 Å². The summed E-state index contributed by atoms with van der Waals surface area (Å²) in [5.74, 6) is 0. The number of aromatic nitrogens is 1. The molecule has 100 valence electrons. The normalized spacial score (nSPS) is 12.6. The second-order valence-corrected chi connectivity index (χ2v) is 5.70. The van der Waals surface area contributed by atoms with E-state index in [1.54, 1.807) is 0 Å². The summed E-state index contributed by atoms with van der Waals surface area (Å²) in [4.78, 5) is 4.32. The minimum absolute atomic E-state index is 0.192. The summed E-state index contributed by atoms with van der Waals surface area (Å²) in [6, 6.07) is 14.2. The number of aryl methyl sites for hydroxylation is 1. The molecule has 2 nitrogen and oxygen atoms in total. The van der Waals surface area contributed by atoms with E-state index in [-0.39, 0.29) is 6.04 Å². The molecule has 0 bridgehead atoms. The second-order valence-electron chi connectivity index (χ2n) is 4.91. The molecule has 0 saturated heterocycles. The van der Waals surface area contributed by atoms with E-state index in [1.807, 2.05) is 30.6 Å². The summed E-state index contributed by atoms with van der Waals surface area (Å²) in [7, 11) is 0. The zero-order valence-corrected chi connectivity index (χ0v) is 12.8. The van der Waals surface area contributed by atoms with Gasteiger partial charge in [0.25, 0.3) is 0 Å². The SMILES string of the molecule is Cc1cccc(C(N)c2cncc3ccccc23)c1Br. The third kappa shape index (κ3) is 2.23. The van der Waals surface area contributed by atoms with Crippen LogP contribution in [0.2, 0.25) is 0 Å². The smallest absolute Gasteiger partial charge is 0.0584 e. The van der Waals surface area contributed by atoms with Gasteiger partial charge in [-0.05, 0) is 29.0 Å². The maximum Gasteiger partial charge on any atom is 0.0584 e.